The number of alkyl halides is 3. The summed E-state index contributed by atoms with van der Waals surface area (Å²) in [5.74, 6) is -1.77. The number of aromatic nitrogens is 3. The molecule has 45 heavy (non-hydrogen) atoms. The van der Waals surface area contributed by atoms with Gasteiger partial charge in [-0.05, 0) is 48.5 Å². The summed E-state index contributed by atoms with van der Waals surface area (Å²) in [4.78, 5) is 54.3. The second-order valence-electron chi connectivity index (χ2n) is 9.67. The molecule has 17 heteroatoms. The summed E-state index contributed by atoms with van der Waals surface area (Å²) < 4.78 is 45.6. The number of carbonyl (C=O) groups excluding carboxylic acids is 3. The Bertz CT molecular complexity index is 1750. The van der Waals surface area contributed by atoms with Crippen molar-refractivity contribution in [2.75, 3.05) is 36.4 Å². The molecule has 0 saturated carbocycles. The van der Waals surface area contributed by atoms with E-state index in [1.54, 1.807) is 24.3 Å². The Kier molecular flexibility index (Phi) is 8.33. The van der Waals surface area contributed by atoms with E-state index in [2.05, 4.69) is 15.4 Å². The molecule has 0 unspecified atom stereocenters. The molecule has 3 heterocycles. The van der Waals surface area contributed by atoms with Gasteiger partial charge in [0.05, 0.1) is 22.5 Å². The van der Waals surface area contributed by atoms with Crippen LogP contribution in [0.5, 0.6) is 5.75 Å². The molecule has 1 saturated heterocycles. The number of hydrogen-bond donors (Lipinski definition) is 2. The lowest BCUT2D eigenvalue weighted by Crippen LogP contribution is -2.49. The number of rotatable bonds is 7. The molecule has 0 bridgehead atoms. The topological polar surface area (TPSA) is 179 Å². The zero-order valence-corrected chi connectivity index (χ0v) is 23.1. The summed E-state index contributed by atoms with van der Waals surface area (Å²) in [5.41, 5.74) is 4.43. The molecule has 2 aromatic heterocycles. The van der Waals surface area contributed by atoms with Gasteiger partial charge in [0.2, 0.25) is 0 Å². The molecule has 14 nitrogen and oxygen atoms in total. The van der Waals surface area contributed by atoms with Crippen LogP contribution < -0.4 is 20.7 Å². The van der Waals surface area contributed by atoms with Crippen LogP contribution in [-0.4, -0.2) is 68.7 Å². The molecule has 232 valence electrons. The number of non-ortho nitro benzene ring substituents is 1. The lowest BCUT2D eigenvalue weighted by Gasteiger charge is -2.35. The number of piperazine rings is 1. The van der Waals surface area contributed by atoms with Gasteiger partial charge in [0.15, 0.2) is 5.69 Å². The van der Waals surface area contributed by atoms with Crippen LogP contribution in [0, 0.1) is 10.1 Å². The summed E-state index contributed by atoms with van der Waals surface area (Å²) in [5, 5.41) is 17.3. The first-order valence-corrected chi connectivity index (χ1v) is 13.2. The van der Waals surface area contributed by atoms with Crippen LogP contribution in [0.2, 0.25) is 0 Å². The van der Waals surface area contributed by atoms with Crippen molar-refractivity contribution in [2.45, 2.75) is 6.18 Å². The zero-order valence-electron chi connectivity index (χ0n) is 23.1. The molecule has 1 aliphatic rings. The van der Waals surface area contributed by atoms with Crippen molar-refractivity contribution in [3.63, 3.8) is 0 Å². The Morgan fingerprint density at radius 1 is 0.933 bits per heavy atom. The average Bonchev–Trinajstić information content (AvgIpc) is 3.45. The minimum Gasteiger partial charge on any atom is -0.410 e. The van der Waals surface area contributed by atoms with E-state index < -0.39 is 40.4 Å². The van der Waals surface area contributed by atoms with E-state index in [1.807, 2.05) is 4.90 Å². The molecule has 3 amide bonds. The van der Waals surface area contributed by atoms with E-state index in [0.717, 1.165) is 23.9 Å². The lowest BCUT2D eigenvalue weighted by atomic mass is 10.2. The number of nitro benzene ring substituents is 1. The van der Waals surface area contributed by atoms with Gasteiger partial charge in [-0.3, -0.25) is 19.7 Å². The van der Waals surface area contributed by atoms with E-state index >= 15 is 0 Å². The third-order valence-corrected chi connectivity index (χ3v) is 6.74. The van der Waals surface area contributed by atoms with Crippen LogP contribution in [0.3, 0.4) is 0 Å². The zero-order chi connectivity index (χ0) is 32.3. The van der Waals surface area contributed by atoms with Crippen molar-refractivity contribution in [2.24, 2.45) is 5.73 Å². The normalized spacial score (nSPS) is 13.3. The van der Waals surface area contributed by atoms with E-state index in [-0.39, 0.29) is 22.8 Å². The van der Waals surface area contributed by atoms with Crippen molar-refractivity contribution < 1.29 is 37.2 Å². The van der Waals surface area contributed by atoms with Gasteiger partial charge in [0, 0.05) is 44.0 Å². The number of nitrogens with two attached hydrogens (primary N) is 1. The number of halogens is 3. The maximum absolute atomic E-state index is 13.0. The molecule has 1 aliphatic heterocycles. The molecule has 0 spiro atoms. The number of primary amides is 1. The summed E-state index contributed by atoms with van der Waals surface area (Å²) in [6.45, 7) is 1.70. The fourth-order valence-electron chi connectivity index (χ4n) is 4.45. The summed E-state index contributed by atoms with van der Waals surface area (Å²) in [7, 11) is 0. The standard InChI is InChI=1S/C28H23F3N8O6/c29-28(30,31)23-3-1-2-21(33-23)26(41)34-22-16-38(35-24(22)25(32)40)18-6-4-17(5-7-18)36-12-14-37(15-13-36)27(42)45-20-10-8-19(9-11-20)39(43)44/h1-11,16H,12-15H2,(H2,32,40)(H,34,41). The van der Waals surface area contributed by atoms with Crippen LogP contribution in [0.15, 0.2) is 72.9 Å². The van der Waals surface area contributed by atoms with Gasteiger partial charge in [0.25, 0.3) is 17.5 Å². The third kappa shape index (κ3) is 6.98. The number of benzene rings is 2. The van der Waals surface area contributed by atoms with E-state index in [0.29, 0.717) is 31.9 Å². The number of carbonyl (C=O) groups is 3. The van der Waals surface area contributed by atoms with E-state index in [9.17, 15) is 37.7 Å². The van der Waals surface area contributed by atoms with Crippen LogP contribution >= 0.6 is 0 Å². The first-order valence-electron chi connectivity index (χ1n) is 13.2. The van der Waals surface area contributed by atoms with Gasteiger partial charge >= 0.3 is 12.3 Å². The van der Waals surface area contributed by atoms with Gasteiger partial charge < -0.3 is 25.6 Å². The van der Waals surface area contributed by atoms with Crippen LogP contribution in [0.1, 0.15) is 26.7 Å². The van der Waals surface area contributed by atoms with E-state index in [4.69, 9.17) is 10.5 Å². The number of hydrogen-bond acceptors (Lipinski definition) is 9. The SMILES string of the molecule is NC(=O)c1nn(-c2ccc(N3CCN(C(=O)Oc4ccc([N+](=O)[O-])cc4)CC3)cc2)cc1NC(=O)c1cccc(C(F)(F)F)n1. The first-order chi connectivity index (χ1) is 21.4. The summed E-state index contributed by atoms with van der Waals surface area (Å²) >= 11 is 0. The Morgan fingerprint density at radius 2 is 1.58 bits per heavy atom. The molecular weight excluding hydrogens is 601 g/mol. The largest absolute Gasteiger partial charge is 0.433 e. The third-order valence-electron chi connectivity index (χ3n) is 6.74. The number of amides is 3. The van der Waals surface area contributed by atoms with Crippen LogP contribution in [-0.2, 0) is 6.18 Å². The van der Waals surface area contributed by atoms with Crippen LogP contribution in [0.4, 0.5) is 35.0 Å². The smallest absolute Gasteiger partial charge is 0.410 e. The molecule has 4 aromatic rings. The van der Waals surface area contributed by atoms with Crippen molar-refractivity contribution in [1.29, 1.82) is 0 Å². The highest BCUT2D eigenvalue weighted by Crippen LogP contribution is 2.28. The molecule has 3 N–H and O–H groups in total. The van der Waals surface area contributed by atoms with Crippen LogP contribution in [0.25, 0.3) is 5.69 Å². The van der Waals surface area contributed by atoms with Crippen molar-refractivity contribution >= 4 is 35.0 Å². The number of ether oxygens (including phenoxy) is 1. The van der Waals surface area contributed by atoms with Gasteiger partial charge in [-0.25, -0.2) is 14.5 Å². The van der Waals surface area contributed by atoms with Crippen molar-refractivity contribution in [3.05, 3.63) is 100 Å². The average molecular weight is 625 g/mol. The number of nitrogens with zero attached hydrogens (tertiary/aromatic N) is 6. The van der Waals surface area contributed by atoms with Gasteiger partial charge in [-0.1, -0.05) is 6.07 Å². The molecule has 1 fully saturated rings. The van der Waals surface area contributed by atoms with Crippen molar-refractivity contribution in [3.8, 4) is 11.4 Å². The fraction of sp³-hybridized carbons (Fsp3) is 0.179. The molecule has 2 aromatic carbocycles. The van der Waals surface area contributed by atoms with Gasteiger partial charge in [-0.2, -0.15) is 18.3 Å². The minimum atomic E-state index is -4.75. The second-order valence-corrected chi connectivity index (χ2v) is 9.67. The number of nitrogens with one attached hydrogen (secondary N) is 1. The predicted octanol–water partition coefficient (Wildman–Crippen LogP) is 3.87. The highest BCUT2D eigenvalue weighted by Gasteiger charge is 2.33. The fourth-order valence-corrected chi connectivity index (χ4v) is 4.45. The highest BCUT2D eigenvalue weighted by molar-refractivity contribution is 6.07. The molecule has 0 atom stereocenters. The van der Waals surface area contributed by atoms with Gasteiger partial charge in [-0.15, -0.1) is 0 Å². The molecule has 0 radical (unpaired) electrons. The Morgan fingerprint density at radius 3 is 2.18 bits per heavy atom. The predicted molar refractivity (Wildman–Crippen MR) is 152 cm³/mol. The highest BCUT2D eigenvalue weighted by atomic mass is 19.4. The first kappa shape index (κ1) is 30.5. The molecular formula is C28H23F3N8O6. The van der Waals surface area contributed by atoms with E-state index in [1.165, 1.54) is 40.0 Å². The number of pyridine rings is 1. The number of nitro groups is 1. The maximum atomic E-state index is 13.0. The lowest BCUT2D eigenvalue weighted by molar-refractivity contribution is -0.384. The maximum Gasteiger partial charge on any atom is 0.433 e. The second kappa shape index (κ2) is 12.3. The molecule has 5 rings (SSSR count). The quantitative estimate of drug-likeness (QED) is 0.228. The number of anilines is 2. The molecule has 0 aliphatic carbocycles. The Balaban J connectivity index is 1.22. The summed E-state index contributed by atoms with van der Waals surface area (Å²) in [6.07, 6.45) is -4.02. The van der Waals surface area contributed by atoms with Gasteiger partial charge in [0.1, 0.15) is 17.1 Å². The Hall–Kier alpha value is -6.00. The minimum absolute atomic E-state index is 0.117. The monoisotopic (exact) mass is 624 g/mol. The Labute approximate surface area is 252 Å². The van der Waals surface area contributed by atoms with Crippen molar-refractivity contribution in [1.82, 2.24) is 19.7 Å². The summed E-state index contributed by atoms with van der Waals surface area (Å²) in [6, 6.07) is 15.0.